The largest absolute Gasteiger partial charge is 0.367 e. The fraction of sp³-hybridized carbons (Fsp3) is 0.350. The summed E-state index contributed by atoms with van der Waals surface area (Å²) >= 11 is 12.3. The molecule has 0 unspecified atom stereocenters. The molecular formula is C20H21Cl2N3. The Kier molecular flexibility index (Phi) is 4.61. The number of hydrogen-bond acceptors (Lipinski definition) is 2. The predicted molar refractivity (Wildman–Crippen MR) is 106 cm³/mol. The number of fused-ring (bicyclic) bond motifs is 1. The van der Waals surface area contributed by atoms with Crippen molar-refractivity contribution in [2.45, 2.75) is 45.1 Å². The molecule has 4 rings (SSSR count). The first-order valence-corrected chi connectivity index (χ1v) is 9.59. The lowest BCUT2D eigenvalue weighted by atomic mass is 9.95. The highest BCUT2D eigenvalue weighted by Crippen LogP contribution is 2.35. The second kappa shape index (κ2) is 6.89. The molecule has 0 aliphatic heterocycles. The van der Waals surface area contributed by atoms with E-state index in [4.69, 9.17) is 28.2 Å². The average molecular weight is 374 g/mol. The van der Waals surface area contributed by atoms with Crippen molar-refractivity contribution in [3.63, 3.8) is 0 Å². The Morgan fingerprint density at radius 1 is 1.04 bits per heavy atom. The number of anilines is 1. The molecule has 130 valence electrons. The summed E-state index contributed by atoms with van der Waals surface area (Å²) in [5.74, 6) is 1.05. The van der Waals surface area contributed by atoms with Gasteiger partial charge in [-0.2, -0.15) is 0 Å². The molecule has 1 fully saturated rings. The first-order chi connectivity index (χ1) is 12.1. The Morgan fingerprint density at radius 2 is 1.84 bits per heavy atom. The van der Waals surface area contributed by atoms with Gasteiger partial charge in [0.2, 0.25) is 0 Å². The number of halogens is 2. The molecule has 0 amide bonds. The van der Waals surface area contributed by atoms with E-state index >= 15 is 0 Å². The van der Waals surface area contributed by atoms with Crippen LogP contribution in [0.1, 0.15) is 37.8 Å². The zero-order valence-electron chi connectivity index (χ0n) is 14.2. The van der Waals surface area contributed by atoms with Gasteiger partial charge in [-0.1, -0.05) is 54.6 Å². The van der Waals surface area contributed by atoms with E-state index in [-0.39, 0.29) is 0 Å². The van der Waals surface area contributed by atoms with Gasteiger partial charge in [-0.15, -0.1) is 0 Å². The summed E-state index contributed by atoms with van der Waals surface area (Å²) in [7, 11) is 0. The summed E-state index contributed by atoms with van der Waals surface area (Å²) in [6, 6.07) is 12.4. The van der Waals surface area contributed by atoms with E-state index in [1.807, 2.05) is 30.3 Å². The van der Waals surface area contributed by atoms with Crippen LogP contribution in [-0.4, -0.2) is 15.4 Å². The zero-order valence-corrected chi connectivity index (χ0v) is 15.7. The van der Waals surface area contributed by atoms with Crippen molar-refractivity contribution >= 4 is 34.7 Å². The normalized spacial score (nSPS) is 15.6. The van der Waals surface area contributed by atoms with Crippen LogP contribution < -0.4 is 5.32 Å². The fourth-order valence-corrected chi connectivity index (χ4v) is 3.97. The molecule has 0 atom stereocenters. The quantitative estimate of drug-likeness (QED) is 0.578. The minimum Gasteiger partial charge on any atom is -0.367 e. The van der Waals surface area contributed by atoms with Gasteiger partial charge in [0.1, 0.15) is 17.2 Å². The molecular weight excluding hydrogens is 353 g/mol. The molecule has 2 heterocycles. The van der Waals surface area contributed by atoms with E-state index in [0.717, 1.165) is 28.4 Å². The Morgan fingerprint density at radius 3 is 2.60 bits per heavy atom. The van der Waals surface area contributed by atoms with E-state index in [9.17, 15) is 0 Å². The third kappa shape index (κ3) is 3.23. The minimum atomic E-state index is 0.495. The zero-order chi connectivity index (χ0) is 17.4. The first kappa shape index (κ1) is 16.7. The van der Waals surface area contributed by atoms with Crippen molar-refractivity contribution in [2.24, 2.45) is 0 Å². The molecule has 1 aromatic carbocycles. The smallest absolute Gasteiger partial charge is 0.139 e. The molecule has 1 N–H and O–H groups in total. The van der Waals surface area contributed by atoms with E-state index in [1.165, 1.54) is 32.1 Å². The monoisotopic (exact) mass is 373 g/mol. The summed E-state index contributed by atoms with van der Waals surface area (Å²) in [6.07, 6.45) is 6.33. The molecule has 1 aliphatic rings. The van der Waals surface area contributed by atoms with Crippen LogP contribution in [0.25, 0.3) is 16.9 Å². The summed E-state index contributed by atoms with van der Waals surface area (Å²) in [5.41, 5.74) is 4.02. The number of aromatic nitrogens is 2. The second-order valence-electron chi connectivity index (χ2n) is 6.78. The molecule has 3 aromatic rings. The lowest BCUT2D eigenvalue weighted by molar-refractivity contribution is 0.461. The summed E-state index contributed by atoms with van der Waals surface area (Å²) in [4.78, 5) is 4.88. The average Bonchev–Trinajstić information content (AvgIpc) is 2.98. The van der Waals surface area contributed by atoms with Crippen LogP contribution in [0, 0.1) is 6.92 Å². The standard InChI is InChI=1S/C20H21Cl2N3/c1-13-6-5-9-18-24-19(14-10-11-16(21)17(22)12-14)20(25(13)18)23-15-7-3-2-4-8-15/h5-6,9-12,15,23H,2-4,7-8H2,1H3. The highest BCUT2D eigenvalue weighted by molar-refractivity contribution is 6.42. The van der Waals surface area contributed by atoms with Crippen LogP contribution in [0.5, 0.6) is 0 Å². The molecule has 1 aliphatic carbocycles. The van der Waals surface area contributed by atoms with E-state index in [2.05, 4.69) is 22.7 Å². The summed E-state index contributed by atoms with van der Waals surface area (Å²) in [5, 5.41) is 4.88. The molecule has 3 nitrogen and oxygen atoms in total. The second-order valence-corrected chi connectivity index (χ2v) is 7.59. The van der Waals surface area contributed by atoms with Gasteiger partial charge in [0.05, 0.1) is 10.0 Å². The Labute approximate surface area is 158 Å². The van der Waals surface area contributed by atoms with Crippen LogP contribution in [0.4, 0.5) is 5.82 Å². The van der Waals surface area contributed by atoms with Gasteiger partial charge < -0.3 is 5.32 Å². The lowest BCUT2D eigenvalue weighted by Gasteiger charge is -2.24. The molecule has 25 heavy (non-hydrogen) atoms. The fourth-order valence-electron chi connectivity index (χ4n) is 3.67. The van der Waals surface area contributed by atoms with Gasteiger partial charge in [0.25, 0.3) is 0 Å². The SMILES string of the molecule is Cc1cccc2nc(-c3ccc(Cl)c(Cl)c3)c(NC3CCCCC3)n12. The van der Waals surface area contributed by atoms with Gasteiger partial charge >= 0.3 is 0 Å². The number of nitrogens with zero attached hydrogens (tertiary/aromatic N) is 2. The topological polar surface area (TPSA) is 29.3 Å². The van der Waals surface area contributed by atoms with Gasteiger partial charge in [-0.05, 0) is 44.0 Å². The van der Waals surface area contributed by atoms with E-state index < -0.39 is 0 Å². The number of benzene rings is 1. The predicted octanol–water partition coefficient (Wildman–Crippen LogP) is 6.36. The van der Waals surface area contributed by atoms with Crippen molar-refractivity contribution in [1.29, 1.82) is 0 Å². The van der Waals surface area contributed by atoms with Gasteiger partial charge in [-0.25, -0.2) is 4.98 Å². The van der Waals surface area contributed by atoms with Gasteiger partial charge in [0, 0.05) is 17.3 Å². The third-order valence-electron chi connectivity index (χ3n) is 4.98. The highest BCUT2D eigenvalue weighted by atomic mass is 35.5. The van der Waals surface area contributed by atoms with Crippen molar-refractivity contribution in [2.75, 3.05) is 5.32 Å². The molecule has 2 aromatic heterocycles. The number of pyridine rings is 1. The van der Waals surface area contributed by atoms with Crippen molar-refractivity contribution in [3.8, 4) is 11.3 Å². The Hall–Kier alpha value is -1.71. The maximum atomic E-state index is 6.25. The van der Waals surface area contributed by atoms with Gasteiger partial charge in [-0.3, -0.25) is 4.40 Å². The third-order valence-corrected chi connectivity index (χ3v) is 5.72. The van der Waals surface area contributed by atoms with Crippen LogP contribution >= 0.6 is 23.2 Å². The van der Waals surface area contributed by atoms with E-state index in [0.29, 0.717) is 16.1 Å². The minimum absolute atomic E-state index is 0.495. The molecule has 0 spiro atoms. The van der Waals surface area contributed by atoms with Crippen molar-refractivity contribution < 1.29 is 0 Å². The molecule has 0 saturated heterocycles. The van der Waals surface area contributed by atoms with Crippen molar-refractivity contribution in [3.05, 3.63) is 52.1 Å². The lowest BCUT2D eigenvalue weighted by Crippen LogP contribution is -2.23. The Balaban J connectivity index is 1.85. The Bertz CT molecular complexity index is 911. The summed E-state index contributed by atoms with van der Waals surface area (Å²) in [6.45, 7) is 2.11. The number of rotatable bonds is 3. The van der Waals surface area contributed by atoms with Gasteiger partial charge in [0.15, 0.2) is 0 Å². The highest BCUT2D eigenvalue weighted by Gasteiger charge is 2.20. The van der Waals surface area contributed by atoms with Crippen LogP contribution in [0.3, 0.4) is 0 Å². The molecule has 5 heteroatoms. The molecule has 1 saturated carbocycles. The molecule has 0 bridgehead atoms. The van der Waals surface area contributed by atoms with E-state index in [1.54, 1.807) is 0 Å². The maximum absolute atomic E-state index is 6.25. The number of hydrogen-bond donors (Lipinski definition) is 1. The van der Waals surface area contributed by atoms with Crippen molar-refractivity contribution in [1.82, 2.24) is 9.38 Å². The van der Waals surface area contributed by atoms with Crippen LogP contribution in [0.15, 0.2) is 36.4 Å². The number of imidazole rings is 1. The molecule has 0 radical (unpaired) electrons. The summed E-state index contributed by atoms with van der Waals surface area (Å²) < 4.78 is 2.20. The number of nitrogens with one attached hydrogen (secondary N) is 1. The first-order valence-electron chi connectivity index (χ1n) is 8.83. The number of aryl methyl sites for hydroxylation is 1. The van der Waals surface area contributed by atoms with Crippen LogP contribution in [-0.2, 0) is 0 Å². The maximum Gasteiger partial charge on any atom is 0.139 e. The van der Waals surface area contributed by atoms with Crippen LogP contribution in [0.2, 0.25) is 10.0 Å².